The Hall–Kier alpha value is -0.200. The second kappa shape index (κ2) is 14.8. The van der Waals surface area contributed by atoms with Crippen LogP contribution in [0.3, 0.4) is 0 Å². The average molecular weight is 433 g/mol. The molecule has 0 rings (SSSR count). The van der Waals surface area contributed by atoms with Crippen LogP contribution in [0.5, 0.6) is 0 Å². The lowest BCUT2D eigenvalue weighted by Crippen LogP contribution is -2.56. The first kappa shape index (κ1) is 29.8. The Morgan fingerprint density at radius 2 is 1.43 bits per heavy atom. The van der Waals surface area contributed by atoms with Crippen molar-refractivity contribution in [1.82, 2.24) is 0 Å². The molecule has 0 heterocycles. The van der Waals surface area contributed by atoms with Crippen LogP contribution in [0.15, 0.2) is 0 Å². The zero-order valence-electron chi connectivity index (χ0n) is 21.8. The van der Waals surface area contributed by atoms with Crippen LogP contribution in [-0.2, 0) is 24.0 Å². The van der Waals surface area contributed by atoms with Gasteiger partial charge < -0.3 is 14.2 Å². The number of ether oxygens (including phenoxy) is 3. The zero-order valence-corrected chi connectivity index (χ0v) is 21.8. The fraction of sp³-hybridized carbons (Fsp3) is 1.00. The maximum absolute atomic E-state index is 6.49. The number of rotatable bonds is 19. The van der Waals surface area contributed by atoms with Gasteiger partial charge in [0.15, 0.2) is 0 Å². The average Bonchev–Trinajstić information content (AvgIpc) is 2.65. The first-order chi connectivity index (χ1) is 13.9. The molecule has 30 heavy (non-hydrogen) atoms. The van der Waals surface area contributed by atoms with Crippen LogP contribution in [0, 0.1) is 11.3 Å². The first-order valence-corrected chi connectivity index (χ1v) is 12.2. The summed E-state index contributed by atoms with van der Waals surface area (Å²) in [6, 6.07) is 0. The molecule has 0 aliphatic heterocycles. The molecule has 0 aliphatic carbocycles. The molecule has 5 nitrogen and oxygen atoms in total. The summed E-state index contributed by atoms with van der Waals surface area (Å²) in [6.45, 7) is 22.8. The van der Waals surface area contributed by atoms with Gasteiger partial charge in [-0.15, -0.1) is 0 Å². The second-order valence-corrected chi connectivity index (χ2v) is 10.2. The minimum absolute atomic E-state index is 0.0262. The number of hydrogen-bond acceptors (Lipinski definition) is 5. The van der Waals surface area contributed by atoms with Crippen LogP contribution >= 0.6 is 0 Å². The van der Waals surface area contributed by atoms with Crippen molar-refractivity contribution in [2.24, 2.45) is 11.3 Å². The van der Waals surface area contributed by atoms with E-state index in [1.54, 1.807) is 0 Å². The molecule has 182 valence electrons. The Balaban J connectivity index is 5.63. The van der Waals surface area contributed by atoms with E-state index in [9.17, 15) is 0 Å². The van der Waals surface area contributed by atoms with E-state index in [0.717, 1.165) is 38.7 Å². The van der Waals surface area contributed by atoms with Crippen molar-refractivity contribution in [2.45, 2.75) is 132 Å². The zero-order chi connectivity index (χ0) is 23.3. The van der Waals surface area contributed by atoms with Crippen molar-refractivity contribution in [3.8, 4) is 0 Å². The standard InChI is InChI=1S/C25H52O5/c1-11-14-15-18-26-20-23(7,8)25(27-19-17-21(4)5,28-22(6)16-12-2)30-29-24(9,10)13-3/h21-22H,11-20H2,1-10H3. The minimum Gasteiger partial charge on any atom is -0.381 e. The van der Waals surface area contributed by atoms with Crippen molar-refractivity contribution in [1.29, 1.82) is 0 Å². The van der Waals surface area contributed by atoms with Crippen LogP contribution in [0.2, 0.25) is 0 Å². The van der Waals surface area contributed by atoms with Crippen molar-refractivity contribution >= 4 is 0 Å². The highest BCUT2D eigenvalue weighted by molar-refractivity contribution is 4.82. The van der Waals surface area contributed by atoms with Crippen LogP contribution < -0.4 is 0 Å². The molecule has 0 spiro atoms. The Morgan fingerprint density at radius 1 is 0.767 bits per heavy atom. The maximum atomic E-state index is 6.49. The fourth-order valence-electron chi connectivity index (χ4n) is 2.80. The molecule has 0 aromatic rings. The summed E-state index contributed by atoms with van der Waals surface area (Å²) < 4.78 is 18.9. The van der Waals surface area contributed by atoms with E-state index in [0.29, 0.717) is 19.1 Å². The third-order valence-electron chi connectivity index (χ3n) is 5.45. The Kier molecular flexibility index (Phi) is 14.7. The van der Waals surface area contributed by atoms with Gasteiger partial charge in [-0.3, -0.25) is 0 Å². The Labute approximate surface area is 187 Å². The summed E-state index contributed by atoms with van der Waals surface area (Å²) in [5, 5.41) is 0. The molecule has 2 unspecified atom stereocenters. The molecule has 2 atom stereocenters. The van der Waals surface area contributed by atoms with E-state index in [1.165, 1.54) is 12.8 Å². The highest BCUT2D eigenvalue weighted by Gasteiger charge is 2.53. The molecule has 0 amide bonds. The van der Waals surface area contributed by atoms with Gasteiger partial charge in [-0.05, 0) is 66.2 Å². The summed E-state index contributed by atoms with van der Waals surface area (Å²) in [6.07, 6.45) is 7.06. The third-order valence-corrected chi connectivity index (χ3v) is 5.45. The SMILES string of the molecule is CCCCCOCC(C)(C)C(OCCC(C)C)(OOC(C)(C)CC)OC(C)CCC. The van der Waals surface area contributed by atoms with Crippen molar-refractivity contribution in [3.05, 3.63) is 0 Å². The quantitative estimate of drug-likeness (QED) is 0.0929. The molecule has 0 fully saturated rings. The molecule has 0 N–H and O–H groups in total. The summed E-state index contributed by atoms with van der Waals surface area (Å²) in [7, 11) is 0. The third kappa shape index (κ3) is 11.4. The largest absolute Gasteiger partial charge is 0.381 e. The molecular formula is C25H52O5. The minimum atomic E-state index is -1.34. The van der Waals surface area contributed by atoms with E-state index in [-0.39, 0.29) is 6.10 Å². The summed E-state index contributed by atoms with van der Waals surface area (Å²) >= 11 is 0. The summed E-state index contributed by atoms with van der Waals surface area (Å²) in [5.41, 5.74) is -1.01. The molecular weight excluding hydrogens is 380 g/mol. The maximum Gasteiger partial charge on any atom is 0.319 e. The molecule has 0 radical (unpaired) electrons. The predicted octanol–water partition coefficient (Wildman–Crippen LogP) is 7.28. The van der Waals surface area contributed by atoms with Gasteiger partial charge in [0, 0.05) is 6.61 Å². The normalized spacial score (nSPS) is 16.1. The van der Waals surface area contributed by atoms with Crippen molar-refractivity contribution in [2.75, 3.05) is 19.8 Å². The number of hydrogen-bond donors (Lipinski definition) is 0. The highest BCUT2D eigenvalue weighted by Crippen LogP contribution is 2.40. The van der Waals surface area contributed by atoms with Crippen molar-refractivity contribution in [3.63, 3.8) is 0 Å². The van der Waals surface area contributed by atoms with Gasteiger partial charge in [-0.25, -0.2) is 4.89 Å². The molecule has 5 heteroatoms. The van der Waals surface area contributed by atoms with Gasteiger partial charge in [-0.2, -0.15) is 4.89 Å². The lowest BCUT2D eigenvalue weighted by Gasteiger charge is -2.45. The van der Waals surface area contributed by atoms with E-state index >= 15 is 0 Å². The van der Waals surface area contributed by atoms with Crippen LogP contribution in [0.25, 0.3) is 0 Å². The van der Waals surface area contributed by atoms with Gasteiger partial charge in [0.2, 0.25) is 0 Å². The smallest absolute Gasteiger partial charge is 0.319 e. The fourth-order valence-corrected chi connectivity index (χ4v) is 2.80. The monoisotopic (exact) mass is 432 g/mol. The topological polar surface area (TPSA) is 46.2 Å². The van der Waals surface area contributed by atoms with Crippen molar-refractivity contribution < 1.29 is 24.0 Å². The lowest BCUT2D eigenvalue weighted by molar-refractivity contribution is -0.561. The van der Waals surface area contributed by atoms with Crippen LogP contribution in [0.1, 0.15) is 114 Å². The summed E-state index contributed by atoms with van der Waals surface area (Å²) in [5.74, 6) is -0.814. The predicted molar refractivity (Wildman–Crippen MR) is 124 cm³/mol. The Morgan fingerprint density at radius 3 is 1.97 bits per heavy atom. The van der Waals surface area contributed by atoms with Gasteiger partial charge >= 0.3 is 5.97 Å². The molecule has 0 aliphatic rings. The molecule has 0 saturated heterocycles. The van der Waals surface area contributed by atoms with Gasteiger partial charge in [0.1, 0.15) is 0 Å². The molecule has 0 aromatic heterocycles. The van der Waals surface area contributed by atoms with Crippen LogP contribution in [0.4, 0.5) is 0 Å². The molecule has 0 aromatic carbocycles. The van der Waals surface area contributed by atoms with Gasteiger partial charge in [-0.1, -0.05) is 53.9 Å². The number of unbranched alkanes of at least 4 members (excludes halogenated alkanes) is 2. The first-order valence-electron chi connectivity index (χ1n) is 12.2. The van der Waals surface area contributed by atoms with Gasteiger partial charge in [0.25, 0.3) is 0 Å². The van der Waals surface area contributed by atoms with Crippen LogP contribution in [-0.4, -0.2) is 37.5 Å². The lowest BCUT2D eigenvalue weighted by atomic mass is 9.90. The van der Waals surface area contributed by atoms with E-state index in [4.69, 9.17) is 24.0 Å². The van der Waals surface area contributed by atoms with E-state index in [1.807, 2.05) is 13.8 Å². The van der Waals surface area contributed by atoms with E-state index in [2.05, 4.69) is 55.4 Å². The Bertz CT molecular complexity index is 422. The van der Waals surface area contributed by atoms with Gasteiger partial charge in [0.05, 0.1) is 30.3 Å². The summed E-state index contributed by atoms with van der Waals surface area (Å²) in [4.78, 5) is 12.0. The van der Waals surface area contributed by atoms with E-state index < -0.39 is 17.0 Å². The highest BCUT2D eigenvalue weighted by atomic mass is 17.3. The molecule has 0 saturated carbocycles. The molecule has 0 bridgehead atoms. The second-order valence-electron chi connectivity index (χ2n) is 10.2.